The van der Waals surface area contributed by atoms with Crippen molar-refractivity contribution in [2.75, 3.05) is 43.3 Å². The maximum atomic E-state index is 15.2. The Hall–Kier alpha value is -2.24. The van der Waals surface area contributed by atoms with E-state index in [4.69, 9.17) is 45.0 Å². The van der Waals surface area contributed by atoms with E-state index in [1.807, 2.05) is 0 Å². The second-order valence-corrected chi connectivity index (χ2v) is 8.24. The zero-order valence-corrected chi connectivity index (χ0v) is 25.9. The third-order valence-corrected chi connectivity index (χ3v) is 4.82. The predicted molar refractivity (Wildman–Crippen MR) is 135 cm³/mol. The Labute approximate surface area is 311 Å². The van der Waals surface area contributed by atoms with Crippen molar-refractivity contribution in [3.8, 4) is 23.0 Å². The summed E-state index contributed by atoms with van der Waals surface area (Å²) in [4.78, 5) is 47.1. The number of hydrogen-bond acceptors (Lipinski definition) is 14. The SMILES string of the molecule is [2H]c1c(Nc2nc(Nc3cc(OC([2H])([2H])[2H])c(OC([2H])([2H])[2H])c(OC([2H])([2H])[2H])c3)ncc2F)nc2c(c1[2H])OC(C([2H])([2H])[2H])(C([2H])([2H])[2H])C(=O)N2C([2H])([2H])OP(=O)([O-])[O-].[Na+].[Na+]. The van der Waals surface area contributed by atoms with Gasteiger partial charge in [-0.05, 0) is 25.8 Å². The van der Waals surface area contributed by atoms with Crippen molar-refractivity contribution in [2.45, 2.75) is 19.3 Å². The Morgan fingerprint density at radius 2 is 1.83 bits per heavy atom. The average molecular weight is 644 g/mol. The Morgan fingerprint density at radius 3 is 2.45 bits per heavy atom. The molecule has 1 aromatic carbocycles. The largest absolute Gasteiger partial charge is 1.00 e. The van der Waals surface area contributed by atoms with Crippen LogP contribution in [0.15, 0.2) is 30.4 Å². The molecule has 15 nitrogen and oxygen atoms in total. The number of hydrogen-bond donors (Lipinski definition) is 2. The van der Waals surface area contributed by atoms with Gasteiger partial charge in [0, 0.05) is 26.0 Å². The normalized spacial score (nSPS) is 22.0. The molecular formula is C23H24FN6Na2O9P. The Kier molecular flexibility index (Phi) is 5.77. The first-order valence-corrected chi connectivity index (χ1v) is 11.4. The molecule has 3 aromatic rings. The minimum absolute atomic E-state index is 0. The molecule has 19 heteroatoms. The summed E-state index contributed by atoms with van der Waals surface area (Å²) >= 11 is 0. The second-order valence-electron chi connectivity index (χ2n) is 7.16. The van der Waals surface area contributed by atoms with Gasteiger partial charge in [-0.3, -0.25) is 9.69 Å². The molecule has 0 bridgehead atoms. The number of benzene rings is 1. The smallest absolute Gasteiger partial charge is 0.790 e. The number of nitrogens with one attached hydrogen (secondary N) is 2. The zero-order valence-electron chi connectivity index (χ0n) is 40.0. The Morgan fingerprint density at radius 1 is 1.14 bits per heavy atom. The maximum Gasteiger partial charge on any atom is 1.00 e. The van der Waals surface area contributed by atoms with E-state index in [9.17, 15) is 19.1 Å². The first-order valence-electron chi connectivity index (χ1n) is 19.5. The molecule has 0 saturated carbocycles. The summed E-state index contributed by atoms with van der Waals surface area (Å²) in [5, 5.41) is 4.45. The molecule has 0 radical (unpaired) electrons. The molecule has 0 unspecified atom stereocenters. The summed E-state index contributed by atoms with van der Waals surface area (Å²) in [6.45, 7) is -12.5. The van der Waals surface area contributed by atoms with Crippen molar-refractivity contribution in [2.24, 2.45) is 0 Å². The van der Waals surface area contributed by atoms with Gasteiger partial charge in [0.15, 0.2) is 40.3 Å². The van der Waals surface area contributed by atoms with Crippen molar-refractivity contribution in [3.05, 3.63) is 36.2 Å². The van der Waals surface area contributed by atoms with E-state index in [2.05, 4.69) is 30.1 Å². The van der Waals surface area contributed by atoms with Gasteiger partial charge in [0.05, 0.1) is 53.0 Å². The van der Waals surface area contributed by atoms with E-state index in [0.717, 1.165) is 12.1 Å². The van der Waals surface area contributed by atoms with Crippen LogP contribution in [0.2, 0.25) is 0 Å². The zero-order chi connectivity index (χ0) is 45.3. The molecular weight excluding hydrogens is 600 g/mol. The number of phosphoric ester groups is 1. The fourth-order valence-electron chi connectivity index (χ4n) is 2.92. The van der Waals surface area contributed by atoms with Gasteiger partial charge in [0.25, 0.3) is 5.91 Å². The molecule has 0 saturated heterocycles. The number of halogens is 1. The number of carbonyl (C=O) groups excluding carboxylic acids is 1. The average Bonchev–Trinajstić information content (AvgIpc) is 2.98. The van der Waals surface area contributed by atoms with Gasteiger partial charge in [0.1, 0.15) is 12.5 Å². The number of rotatable bonds is 10. The van der Waals surface area contributed by atoms with Gasteiger partial charge < -0.3 is 48.5 Å². The van der Waals surface area contributed by atoms with Crippen molar-refractivity contribution in [1.29, 1.82) is 0 Å². The van der Waals surface area contributed by atoms with Gasteiger partial charge in [-0.15, -0.1) is 0 Å². The summed E-state index contributed by atoms with van der Waals surface area (Å²) in [5.74, 6) is -12.4. The number of aromatic nitrogens is 3. The van der Waals surface area contributed by atoms with Gasteiger partial charge in [-0.25, -0.2) is 14.4 Å². The Bertz CT molecular complexity index is 2140. The minimum Gasteiger partial charge on any atom is -0.790 e. The minimum atomic E-state index is -6.48. The molecule has 0 spiro atoms. The standard InChI is InChI=1S/C23H26FN6O9P.2Na/c1-23(2)21(31)30(11-38-40(32,33)34)20-14(39-23)6-7-17(28-20)27-19-13(24)10-25-22(29-19)26-12-8-15(35-3)18(37-5)16(9-12)36-4;;/h6-10H,11H2,1-5H3,(H2,32,33,34)(H2,25,26,27,28,29);;/q;2*+1/p-2/i1D3,2D3,3D3,4D3,5D3,6D,7D,11D2;;. The van der Waals surface area contributed by atoms with Crippen molar-refractivity contribution >= 4 is 42.8 Å². The van der Waals surface area contributed by atoms with Crippen LogP contribution < -0.4 is 103 Å². The van der Waals surface area contributed by atoms with E-state index in [1.165, 1.54) is 0 Å². The monoisotopic (exact) mass is 643 g/mol. The third kappa shape index (κ3) is 8.23. The van der Waals surface area contributed by atoms with Gasteiger partial charge in [0.2, 0.25) is 11.7 Å². The number of fused-ring (bicyclic) bond motifs is 1. The topological polar surface area (TPSA) is 192 Å². The van der Waals surface area contributed by atoms with Gasteiger partial charge in [-0.2, -0.15) is 4.98 Å². The molecule has 1 amide bonds. The van der Waals surface area contributed by atoms with E-state index in [1.54, 1.807) is 0 Å². The summed E-state index contributed by atoms with van der Waals surface area (Å²) < 4.78 is 197. The molecule has 4 rings (SSSR count). The van der Waals surface area contributed by atoms with Gasteiger partial charge >= 0.3 is 59.1 Å². The number of amides is 1. The van der Waals surface area contributed by atoms with E-state index in [-0.39, 0.29) is 59.1 Å². The number of anilines is 5. The summed E-state index contributed by atoms with van der Waals surface area (Å²) in [6, 6.07) is -1.10. The van der Waals surface area contributed by atoms with Crippen molar-refractivity contribution in [3.63, 3.8) is 0 Å². The first-order chi connectivity index (χ1) is 26.4. The second kappa shape index (κ2) is 14.5. The predicted octanol–water partition coefficient (Wildman–Crippen LogP) is -4.16. The van der Waals surface area contributed by atoms with Crippen LogP contribution in [0.1, 0.15) is 39.7 Å². The molecule has 0 fully saturated rings. The molecule has 1 aliphatic heterocycles. The number of phosphoric acid groups is 1. The first kappa shape index (κ1) is 16.7. The van der Waals surface area contributed by atoms with E-state index in [0.29, 0.717) is 6.20 Å². The third-order valence-electron chi connectivity index (χ3n) is 4.51. The quantitative estimate of drug-likeness (QED) is 0.160. The van der Waals surface area contributed by atoms with Crippen LogP contribution in [0.3, 0.4) is 0 Å². The molecule has 2 N–H and O–H groups in total. The Balaban J connectivity index is 0.00000641. The summed E-state index contributed by atoms with van der Waals surface area (Å²) in [6.07, 6.45) is 0.430. The molecule has 0 aliphatic carbocycles. The number of nitrogens with zero attached hydrogens (tertiary/aromatic N) is 4. The van der Waals surface area contributed by atoms with Crippen LogP contribution in [-0.2, 0) is 13.9 Å². The van der Waals surface area contributed by atoms with Crippen LogP contribution in [0, 0.1) is 5.82 Å². The fourth-order valence-corrected chi connectivity index (χ4v) is 3.10. The van der Waals surface area contributed by atoms with Crippen LogP contribution >= 0.6 is 7.82 Å². The van der Waals surface area contributed by atoms with Crippen LogP contribution in [0.5, 0.6) is 23.0 Å². The number of pyridine rings is 1. The van der Waals surface area contributed by atoms with Crippen LogP contribution in [0.4, 0.5) is 33.5 Å². The molecule has 214 valence electrons. The van der Waals surface area contributed by atoms with E-state index < -0.39 is 136 Å². The van der Waals surface area contributed by atoms with E-state index >= 15 is 4.39 Å². The number of methoxy groups -OCH3 is 3. The molecule has 0 atom stereocenters. The molecule has 3 heterocycles. The van der Waals surface area contributed by atoms with Crippen molar-refractivity contribution in [1.82, 2.24) is 15.0 Å². The summed E-state index contributed by atoms with van der Waals surface area (Å²) in [7, 11) is -16.4. The van der Waals surface area contributed by atoms with Crippen LogP contribution in [-0.4, -0.2) is 54.3 Å². The van der Waals surface area contributed by atoms with Crippen LogP contribution in [0.25, 0.3) is 0 Å². The molecule has 2 aromatic heterocycles. The maximum absolute atomic E-state index is 15.2. The van der Waals surface area contributed by atoms with Gasteiger partial charge in [-0.1, -0.05) is 0 Å². The van der Waals surface area contributed by atoms with Crippen molar-refractivity contribution < 1.29 is 132 Å². The molecule has 42 heavy (non-hydrogen) atoms. The number of ether oxygens (including phenoxy) is 4. The molecule has 1 aliphatic rings. The number of carbonyl (C=O) groups is 1. The summed E-state index contributed by atoms with van der Waals surface area (Å²) in [5.41, 5.74) is -4.58. The fraction of sp³-hybridized carbons (Fsp3) is 0.304.